The van der Waals surface area contributed by atoms with Gasteiger partial charge in [-0.25, -0.2) is 0 Å². The summed E-state index contributed by atoms with van der Waals surface area (Å²) in [6, 6.07) is 5.00. The molecule has 1 aliphatic heterocycles. The van der Waals surface area contributed by atoms with Crippen LogP contribution in [-0.2, 0) is 0 Å². The van der Waals surface area contributed by atoms with E-state index < -0.39 is 6.10 Å². The molecular weight excluding hydrogens is 344 g/mol. The van der Waals surface area contributed by atoms with E-state index >= 15 is 0 Å². The number of hydrogen-bond donors (Lipinski definition) is 3. The highest BCUT2D eigenvalue weighted by atomic mass is 35.5. The lowest BCUT2D eigenvalue weighted by Crippen LogP contribution is -2.49. The molecule has 0 bridgehead atoms. The van der Waals surface area contributed by atoms with Gasteiger partial charge in [0.1, 0.15) is 6.10 Å². The van der Waals surface area contributed by atoms with E-state index in [-0.39, 0.29) is 0 Å². The molecule has 1 atom stereocenters. The predicted octanol–water partition coefficient (Wildman–Crippen LogP) is 2.62. The van der Waals surface area contributed by atoms with E-state index in [0.717, 1.165) is 36.3 Å². The summed E-state index contributed by atoms with van der Waals surface area (Å²) in [7, 11) is 0. The van der Waals surface area contributed by atoms with Crippen LogP contribution in [0.2, 0.25) is 4.34 Å². The maximum Gasteiger partial charge on any atom is 0.191 e. The Labute approximate surface area is 153 Å². The van der Waals surface area contributed by atoms with Crippen molar-refractivity contribution in [2.24, 2.45) is 4.99 Å². The molecule has 0 amide bonds. The Morgan fingerprint density at radius 2 is 2.12 bits per heavy atom. The highest BCUT2D eigenvalue weighted by Crippen LogP contribution is 2.29. The van der Waals surface area contributed by atoms with Crippen molar-refractivity contribution < 1.29 is 5.11 Å². The van der Waals surface area contributed by atoms with Crippen LogP contribution in [0.5, 0.6) is 0 Å². The molecule has 3 N–H and O–H groups in total. The Hall–Kier alpha value is -0.820. The second-order valence-corrected chi connectivity index (χ2v) is 8.31. The first-order valence-electron chi connectivity index (χ1n) is 8.88. The van der Waals surface area contributed by atoms with E-state index in [1.165, 1.54) is 37.3 Å². The molecular formula is C17H27ClN4OS. The standard InChI is InChI=1S/C17H27ClN4OS/c1-2-19-17(20-11-14(23)15-5-6-16(18)24-15)21-12-7-9-22(10-8-12)13-3-4-13/h5-6,12-14,23H,2-4,7-11H2,1H3,(H2,19,20,21). The molecule has 2 aliphatic rings. The summed E-state index contributed by atoms with van der Waals surface area (Å²) in [4.78, 5) is 8.03. The SMILES string of the molecule is CCNC(=NCC(O)c1ccc(Cl)s1)NC1CCN(C2CC2)CC1. The van der Waals surface area contributed by atoms with Gasteiger partial charge in [0.2, 0.25) is 0 Å². The molecule has 2 fully saturated rings. The Morgan fingerprint density at radius 3 is 2.71 bits per heavy atom. The van der Waals surface area contributed by atoms with Crippen molar-refractivity contribution in [3.63, 3.8) is 0 Å². The number of rotatable bonds is 6. The minimum Gasteiger partial charge on any atom is -0.386 e. The number of aliphatic imine (C=N–C) groups is 1. The highest BCUT2D eigenvalue weighted by molar-refractivity contribution is 7.16. The molecule has 1 aromatic heterocycles. The average molecular weight is 371 g/mol. The number of likely N-dealkylation sites (tertiary alicyclic amines) is 1. The van der Waals surface area contributed by atoms with Gasteiger partial charge in [-0.15, -0.1) is 11.3 Å². The quantitative estimate of drug-likeness (QED) is 0.532. The van der Waals surface area contributed by atoms with Gasteiger partial charge in [-0.2, -0.15) is 0 Å². The maximum absolute atomic E-state index is 10.2. The number of nitrogens with one attached hydrogen (secondary N) is 2. The zero-order valence-corrected chi connectivity index (χ0v) is 15.7. The summed E-state index contributed by atoms with van der Waals surface area (Å²) in [5.41, 5.74) is 0. The summed E-state index contributed by atoms with van der Waals surface area (Å²) in [6.07, 6.45) is 4.47. The van der Waals surface area contributed by atoms with Crippen LogP contribution in [0, 0.1) is 0 Å². The lowest BCUT2D eigenvalue weighted by atomic mass is 10.1. The summed E-state index contributed by atoms with van der Waals surface area (Å²) in [5, 5.41) is 17.0. The third-order valence-corrected chi connectivity index (χ3v) is 5.96. The largest absolute Gasteiger partial charge is 0.386 e. The summed E-state index contributed by atoms with van der Waals surface area (Å²) >= 11 is 7.33. The van der Waals surface area contributed by atoms with Crippen LogP contribution in [0.15, 0.2) is 17.1 Å². The zero-order chi connectivity index (χ0) is 16.9. The van der Waals surface area contributed by atoms with Crippen LogP contribution in [-0.4, -0.2) is 54.2 Å². The predicted molar refractivity (Wildman–Crippen MR) is 101 cm³/mol. The van der Waals surface area contributed by atoms with Crippen LogP contribution in [0.3, 0.4) is 0 Å². The zero-order valence-electron chi connectivity index (χ0n) is 14.2. The smallest absolute Gasteiger partial charge is 0.191 e. The molecule has 1 saturated carbocycles. The normalized spacial score (nSPS) is 21.7. The number of thiophene rings is 1. The molecule has 1 saturated heterocycles. The van der Waals surface area contributed by atoms with Gasteiger partial charge >= 0.3 is 0 Å². The molecule has 1 aromatic rings. The topological polar surface area (TPSA) is 59.9 Å². The lowest BCUT2D eigenvalue weighted by Gasteiger charge is -2.33. The molecule has 0 spiro atoms. The average Bonchev–Trinajstić information content (AvgIpc) is 3.34. The van der Waals surface area contributed by atoms with Gasteiger partial charge < -0.3 is 20.6 Å². The molecule has 134 valence electrons. The number of piperidine rings is 1. The van der Waals surface area contributed by atoms with Crippen molar-refractivity contribution in [2.75, 3.05) is 26.2 Å². The van der Waals surface area contributed by atoms with E-state index in [9.17, 15) is 5.11 Å². The summed E-state index contributed by atoms with van der Waals surface area (Å²) in [5.74, 6) is 0.795. The monoisotopic (exact) mass is 370 g/mol. The fourth-order valence-electron chi connectivity index (χ4n) is 3.14. The van der Waals surface area contributed by atoms with Crippen LogP contribution >= 0.6 is 22.9 Å². The van der Waals surface area contributed by atoms with E-state index in [2.05, 4.69) is 27.4 Å². The van der Waals surface area contributed by atoms with Crippen LogP contribution in [0.4, 0.5) is 0 Å². The third kappa shape index (κ3) is 5.09. The first kappa shape index (κ1) is 18.0. The number of aliphatic hydroxyl groups excluding tert-OH is 1. The number of aliphatic hydroxyl groups is 1. The van der Waals surface area contributed by atoms with Gasteiger partial charge in [0.25, 0.3) is 0 Å². The van der Waals surface area contributed by atoms with Gasteiger partial charge in [0.15, 0.2) is 5.96 Å². The molecule has 5 nitrogen and oxygen atoms in total. The fraction of sp³-hybridized carbons (Fsp3) is 0.706. The molecule has 3 rings (SSSR count). The van der Waals surface area contributed by atoms with Gasteiger partial charge in [0, 0.05) is 36.6 Å². The second-order valence-electron chi connectivity index (χ2n) is 6.56. The van der Waals surface area contributed by atoms with Crippen molar-refractivity contribution in [1.29, 1.82) is 0 Å². The molecule has 7 heteroatoms. The minimum atomic E-state index is -0.602. The first-order valence-corrected chi connectivity index (χ1v) is 10.1. The molecule has 1 unspecified atom stereocenters. The Balaban J connectivity index is 1.49. The number of nitrogens with zero attached hydrogens (tertiary/aromatic N) is 2. The number of halogens is 1. The maximum atomic E-state index is 10.2. The molecule has 2 heterocycles. The molecule has 24 heavy (non-hydrogen) atoms. The van der Waals surface area contributed by atoms with Crippen LogP contribution < -0.4 is 10.6 Å². The molecule has 0 aromatic carbocycles. The van der Waals surface area contributed by atoms with Crippen molar-refractivity contribution in [1.82, 2.24) is 15.5 Å². The van der Waals surface area contributed by atoms with E-state index in [1.54, 1.807) is 0 Å². The van der Waals surface area contributed by atoms with Gasteiger partial charge in [-0.05, 0) is 44.7 Å². The third-order valence-electron chi connectivity index (χ3n) is 4.62. The molecule has 1 aliphatic carbocycles. The van der Waals surface area contributed by atoms with Crippen molar-refractivity contribution >= 4 is 28.9 Å². The fourth-order valence-corrected chi connectivity index (χ4v) is 4.18. The Kier molecular flexibility index (Phi) is 6.38. The Morgan fingerprint density at radius 1 is 1.38 bits per heavy atom. The summed E-state index contributed by atoms with van der Waals surface area (Å²) < 4.78 is 0.695. The van der Waals surface area contributed by atoms with E-state index in [0.29, 0.717) is 16.9 Å². The second kappa shape index (κ2) is 8.52. The van der Waals surface area contributed by atoms with Gasteiger partial charge in [-0.1, -0.05) is 11.6 Å². The van der Waals surface area contributed by atoms with Gasteiger partial charge in [-0.3, -0.25) is 4.99 Å². The summed E-state index contributed by atoms with van der Waals surface area (Å²) in [6.45, 7) is 5.57. The molecule has 0 radical (unpaired) electrons. The Bertz CT molecular complexity index is 553. The van der Waals surface area contributed by atoms with Crippen molar-refractivity contribution in [2.45, 2.75) is 50.8 Å². The van der Waals surface area contributed by atoms with E-state index in [4.69, 9.17) is 11.6 Å². The van der Waals surface area contributed by atoms with Gasteiger partial charge in [0.05, 0.1) is 10.9 Å². The highest BCUT2D eigenvalue weighted by Gasteiger charge is 2.31. The first-order chi connectivity index (χ1) is 11.7. The number of guanidine groups is 1. The number of hydrogen-bond acceptors (Lipinski definition) is 4. The minimum absolute atomic E-state index is 0.340. The van der Waals surface area contributed by atoms with Crippen LogP contribution in [0.25, 0.3) is 0 Å². The van der Waals surface area contributed by atoms with E-state index in [1.807, 2.05) is 12.1 Å². The van der Waals surface area contributed by atoms with Crippen LogP contribution in [0.1, 0.15) is 43.6 Å². The lowest BCUT2D eigenvalue weighted by molar-refractivity contribution is 0.189. The van der Waals surface area contributed by atoms with Crippen molar-refractivity contribution in [3.05, 3.63) is 21.3 Å². The van der Waals surface area contributed by atoms with Crippen molar-refractivity contribution in [3.8, 4) is 0 Å².